The van der Waals surface area contributed by atoms with E-state index in [1.54, 1.807) is 0 Å². The molecule has 0 fully saturated rings. The normalized spacial score (nSPS) is 11.4. The molecule has 0 saturated heterocycles. The zero-order chi connectivity index (χ0) is 10.1. The van der Waals surface area contributed by atoms with Gasteiger partial charge in [-0.25, -0.2) is 4.98 Å². The van der Waals surface area contributed by atoms with Gasteiger partial charge in [0.2, 0.25) is 0 Å². The van der Waals surface area contributed by atoms with Crippen LogP contribution in [0.3, 0.4) is 0 Å². The maximum atomic E-state index is 12.1. The van der Waals surface area contributed by atoms with Gasteiger partial charge in [-0.05, 0) is 22.0 Å². The number of alkyl halides is 3. The fourth-order valence-corrected chi connectivity index (χ4v) is 1.13. The lowest BCUT2D eigenvalue weighted by molar-refractivity contribution is -0.141. The van der Waals surface area contributed by atoms with E-state index in [9.17, 15) is 18.0 Å². The van der Waals surface area contributed by atoms with Crippen LogP contribution in [-0.4, -0.2) is 11.3 Å². The summed E-state index contributed by atoms with van der Waals surface area (Å²) in [5.41, 5.74) is -1.63. The molecule has 0 aliphatic carbocycles. The highest BCUT2D eigenvalue weighted by Crippen LogP contribution is 2.30. The number of rotatable bonds is 1. The largest absolute Gasteiger partial charge is 0.434 e. The number of pyridine rings is 1. The van der Waals surface area contributed by atoms with Crippen molar-refractivity contribution < 1.29 is 18.0 Å². The zero-order valence-corrected chi connectivity index (χ0v) is 7.69. The van der Waals surface area contributed by atoms with E-state index in [0.29, 0.717) is 4.47 Å². The third-order valence-corrected chi connectivity index (χ3v) is 1.71. The highest BCUT2D eigenvalue weighted by molar-refractivity contribution is 9.10. The van der Waals surface area contributed by atoms with Crippen molar-refractivity contribution in [1.29, 1.82) is 0 Å². The second-order valence-electron chi connectivity index (χ2n) is 2.21. The molecule has 0 N–H and O–H groups in total. The Morgan fingerprint density at radius 2 is 2.08 bits per heavy atom. The maximum absolute atomic E-state index is 12.1. The molecule has 0 amide bonds. The number of halogens is 4. The predicted molar refractivity (Wildman–Crippen MR) is 42.3 cm³/mol. The Kier molecular flexibility index (Phi) is 2.70. The third-order valence-electron chi connectivity index (χ3n) is 1.28. The smallest absolute Gasteiger partial charge is 0.298 e. The van der Waals surface area contributed by atoms with E-state index in [-0.39, 0.29) is 6.29 Å². The van der Waals surface area contributed by atoms with Gasteiger partial charge in [0.25, 0.3) is 0 Å². The summed E-state index contributed by atoms with van der Waals surface area (Å²) in [6.45, 7) is 0. The van der Waals surface area contributed by atoms with Gasteiger partial charge < -0.3 is 0 Å². The van der Waals surface area contributed by atoms with Crippen LogP contribution in [0.5, 0.6) is 0 Å². The summed E-state index contributed by atoms with van der Waals surface area (Å²) in [5.74, 6) is 0. The van der Waals surface area contributed by atoms with Gasteiger partial charge in [0.1, 0.15) is 0 Å². The van der Waals surface area contributed by atoms with E-state index >= 15 is 0 Å². The van der Waals surface area contributed by atoms with E-state index in [2.05, 4.69) is 20.9 Å². The van der Waals surface area contributed by atoms with Crippen molar-refractivity contribution in [2.45, 2.75) is 6.18 Å². The first-order chi connectivity index (χ1) is 5.95. The number of hydrogen-bond acceptors (Lipinski definition) is 2. The molecule has 1 aromatic heterocycles. The van der Waals surface area contributed by atoms with Crippen LogP contribution in [0.4, 0.5) is 13.2 Å². The molecule has 0 spiro atoms. The minimum Gasteiger partial charge on any atom is -0.298 e. The molecule has 0 unspecified atom stereocenters. The minimum atomic E-state index is -4.59. The summed E-state index contributed by atoms with van der Waals surface area (Å²) in [6.07, 6.45) is -3.46. The standard InChI is InChI=1S/C7H3BrF3NO/c8-5-1-4(3-13)6(12-2-5)7(9,10)11/h1-3H. The highest BCUT2D eigenvalue weighted by Gasteiger charge is 2.35. The van der Waals surface area contributed by atoms with Gasteiger partial charge in [0.05, 0.1) is 0 Å². The van der Waals surface area contributed by atoms with Crippen LogP contribution in [0.1, 0.15) is 16.1 Å². The van der Waals surface area contributed by atoms with Crippen LogP contribution in [0.25, 0.3) is 0 Å². The van der Waals surface area contributed by atoms with Gasteiger partial charge in [-0.3, -0.25) is 4.79 Å². The molecule has 0 aromatic carbocycles. The summed E-state index contributed by atoms with van der Waals surface area (Å²) in [5, 5.41) is 0. The number of aldehydes is 1. The SMILES string of the molecule is O=Cc1cc(Br)cnc1C(F)(F)F. The van der Waals surface area contributed by atoms with Crippen molar-refractivity contribution in [2.24, 2.45) is 0 Å². The van der Waals surface area contributed by atoms with Crippen molar-refractivity contribution in [3.8, 4) is 0 Å². The second-order valence-corrected chi connectivity index (χ2v) is 3.12. The molecule has 70 valence electrons. The van der Waals surface area contributed by atoms with Crippen LogP contribution in [0, 0.1) is 0 Å². The Labute approximate surface area is 79.9 Å². The Morgan fingerprint density at radius 1 is 1.46 bits per heavy atom. The average molecular weight is 254 g/mol. The van der Waals surface area contributed by atoms with Gasteiger partial charge in [-0.1, -0.05) is 0 Å². The number of carbonyl (C=O) groups is 1. The van der Waals surface area contributed by atoms with Gasteiger partial charge in [0.15, 0.2) is 12.0 Å². The van der Waals surface area contributed by atoms with Gasteiger partial charge >= 0.3 is 6.18 Å². The van der Waals surface area contributed by atoms with Crippen molar-refractivity contribution in [3.63, 3.8) is 0 Å². The summed E-state index contributed by atoms with van der Waals surface area (Å²) < 4.78 is 36.7. The van der Waals surface area contributed by atoms with Crippen LogP contribution in [-0.2, 0) is 6.18 Å². The zero-order valence-electron chi connectivity index (χ0n) is 6.10. The Morgan fingerprint density at radius 3 is 2.54 bits per heavy atom. The first-order valence-electron chi connectivity index (χ1n) is 3.13. The summed E-state index contributed by atoms with van der Waals surface area (Å²) in [7, 11) is 0. The van der Waals surface area contributed by atoms with Crippen molar-refractivity contribution in [2.75, 3.05) is 0 Å². The van der Waals surface area contributed by atoms with Crippen LogP contribution in [0.15, 0.2) is 16.7 Å². The lowest BCUT2D eigenvalue weighted by Gasteiger charge is -2.07. The molecule has 13 heavy (non-hydrogen) atoms. The molecule has 0 atom stereocenters. The molecule has 1 rings (SSSR count). The number of aromatic nitrogens is 1. The molecule has 0 aliphatic heterocycles. The molecule has 1 heterocycles. The molecular weight excluding hydrogens is 251 g/mol. The molecule has 1 aromatic rings. The van der Waals surface area contributed by atoms with Crippen molar-refractivity contribution in [3.05, 3.63) is 28.0 Å². The van der Waals surface area contributed by atoms with Crippen molar-refractivity contribution in [1.82, 2.24) is 4.98 Å². The van der Waals surface area contributed by atoms with Gasteiger partial charge in [-0.2, -0.15) is 13.2 Å². The van der Waals surface area contributed by atoms with Crippen LogP contribution in [0.2, 0.25) is 0 Å². The Hall–Kier alpha value is -0.910. The number of carbonyl (C=O) groups excluding carboxylic acids is 1. The van der Waals surface area contributed by atoms with Crippen LogP contribution >= 0.6 is 15.9 Å². The first-order valence-corrected chi connectivity index (χ1v) is 3.92. The summed E-state index contributed by atoms with van der Waals surface area (Å²) in [6, 6.07) is 1.07. The van der Waals surface area contributed by atoms with E-state index in [1.807, 2.05) is 0 Å². The Balaban J connectivity index is 3.29. The first kappa shape index (κ1) is 10.2. The summed E-state index contributed by atoms with van der Waals surface area (Å²) >= 11 is 2.92. The number of nitrogens with zero attached hydrogens (tertiary/aromatic N) is 1. The van der Waals surface area contributed by atoms with Gasteiger partial charge in [-0.15, -0.1) is 0 Å². The predicted octanol–water partition coefficient (Wildman–Crippen LogP) is 2.68. The second kappa shape index (κ2) is 3.45. The fraction of sp³-hybridized carbons (Fsp3) is 0.143. The lowest BCUT2D eigenvalue weighted by atomic mass is 10.2. The van der Waals surface area contributed by atoms with E-state index in [0.717, 1.165) is 12.3 Å². The monoisotopic (exact) mass is 253 g/mol. The van der Waals surface area contributed by atoms with Gasteiger partial charge in [0, 0.05) is 16.2 Å². The molecule has 2 nitrogen and oxygen atoms in total. The Bertz CT molecular complexity index is 337. The quantitative estimate of drug-likeness (QED) is 0.721. The number of hydrogen-bond donors (Lipinski definition) is 0. The highest BCUT2D eigenvalue weighted by atomic mass is 79.9. The lowest BCUT2D eigenvalue weighted by Crippen LogP contribution is -2.11. The molecule has 0 saturated carbocycles. The molecule has 6 heteroatoms. The topological polar surface area (TPSA) is 30.0 Å². The van der Waals surface area contributed by atoms with E-state index in [4.69, 9.17) is 0 Å². The molecule has 0 bridgehead atoms. The third kappa shape index (κ3) is 2.27. The van der Waals surface area contributed by atoms with E-state index < -0.39 is 17.4 Å². The molecule has 0 aliphatic rings. The fourth-order valence-electron chi connectivity index (χ4n) is 0.782. The average Bonchev–Trinajstić information content (AvgIpc) is 2.01. The summed E-state index contributed by atoms with van der Waals surface area (Å²) in [4.78, 5) is 13.4. The minimum absolute atomic E-state index is 0.126. The maximum Gasteiger partial charge on any atom is 0.434 e. The molecular formula is C7H3BrF3NO. The van der Waals surface area contributed by atoms with Crippen LogP contribution < -0.4 is 0 Å². The van der Waals surface area contributed by atoms with E-state index in [1.165, 1.54) is 0 Å². The molecule has 0 radical (unpaired) electrons. The van der Waals surface area contributed by atoms with Crippen molar-refractivity contribution >= 4 is 22.2 Å².